The molecule has 134 valence electrons. The predicted octanol–water partition coefficient (Wildman–Crippen LogP) is 5.41. The van der Waals surface area contributed by atoms with E-state index in [0.29, 0.717) is 5.57 Å². The minimum absolute atomic E-state index is 0.658. The Morgan fingerprint density at radius 2 is 1.50 bits per heavy atom. The van der Waals surface area contributed by atoms with Gasteiger partial charge in [-0.05, 0) is 26.0 Å². The lowest BCUT2D eigenvalue weighted by Crippen LogP contribution is -2.09. The SMILES string of the molecule is CC1=C(C)N(C)C(=C2SC3=C(S2)SC(=c2ccc(=C(C=N)C=N)s2)S3)S1. The summed E-state index contributed by atoms with van der Waals surface area (Å²) in [5, 5.41) is 16.2. The fraction of sp³-hybridized carbons (Fsp3) is 0.176. The molecular formula is C17H15N3S6. The Labute approximate surface area is 177 Å². The van der Waals surface area contributed by atoms with E-state index in [4.69, 9.17) is 10.8 Å². The number of hydrogen-bond acceptors (Lipinski definition) is 9. The Kier molecular flexibility index (Phi) is 5.46. The van der Waals surface area contributed by atoms with Gasteiger partial charge in [0.05, 0.1) is 16.9 Å². The molecule has 4 rings (SSSR count). The molecule has 3 aliphatic rings. The summed E-state index contributed by atoms with van der Waals surface area (Å²) in [6.07, 6.45) is 2.50. The molecule has 0 atom stereocenters. The highest BCUT2D eigenvalue weighted by Gasteiger charge is 2.34. The van der Waals surface area contributed by atoms with Gasteiger partial charge < -0.3 is 15.7 Å². The van der Waals surface area contributed by atoms with Crippen LogP contribution in [0.2, 0.25) is 0 Å². The van der Waals surface area contributed by atoms with E-state index >= 15 is 0 Å². The normalized spacial score (nSPS) is 19.8. The van der Waals surface area contributed by atoms with Crippen molar-refractivity contribution >= 4 is 92.4 Å². The van der Waals surface area contributed by atoms with E-state index in [-0.39, 0.29) is 0 Å². The first-order chi connectivity index (χ1) is 12.5. The number of hydrogen-bond donors (Lipinski definition) is 2. The van der Waals surface area contributed by atoms with Crippen LogP contribution >= 0.6 is 70.1 Å². The average Bonchev–Trinajstić information content (AvgIpc) is 3.36. The Morgan fingerprint density at radius 1 is 0.885 bits per heavy atom. The summed E-state index contributed by atoms with van der Waals surface area (Å²) < 4.78 is 7.66. The van der Waals surface area contributed by atoms with Crippen LogP contribution in [0.4, 0.5) is 0 Å². The minimum atomic E-state index is 0.658. The Hall–Kier alpha value is -0.450. The van der Waals surface area contributed by atoms with Crippen LogP contribution in [-0.4, -0.2) is 24.4 Å². The maximum Gasteiger partial charge on any atom is 0.100 e. The molecule has 3 aliphatic heterocycles. The number of thiophene rings is 1. The van der Waals surface area contributed by atoms with Crippen molar-refractivity contribution in [3.8, 4) is 0 Å². The van der Waals surface area contributed by atoms with Crippen LogP contribution in [0.5, 0.6) is 0 Å². The maximum absolute atomic E-state index is 7.41. The molecule has 0 saturated carbocycles. The van der Waals surface area contributed by atoms with Gasteiger partial charge in [0.15, 0.2) is 0 Å². The number of allylic oxidation sites excluding steroid dienone is 2. The lowest BCUT2D eigenvalue weighted by atomic mass is 10.3. The van der Waals surface area contributed by atoms with Gasteiger partial charge in [-0.3, -0.25) is 0 Å². The summed E-state index contributed by atoms with van der Waals surface area (Å²) in [4.78, 5) is 3.68. The molecule has 4 heterocycles. The van der Waals surface area contributed by atoms with E-state index in [0.717, 1.165) is 4.53 Å². The highest BCUT2D eigenvalue weighted by atomic mass is 32.3. The predicted molar refractivity (Wildman–Crippen MR) is 126 cm³/mol. The van der Waals surface area contributed by atoms with Gasteiger partial charge in [-0.1, -0.05) is 58.8 Å². The molecule has 0 radical (unpaired) electrons. The minimum Gasteiger partial charge on any atom is -0.341 e. The van der Waals surface area contributed by atoms with Crippen LogP contribution in [0.25, 0.3) is 9.81 Å². The Balaban J connectivity index is 1.58. The van der Waals surface area contributed by atoms with E-state index < -0.39 is 0 Å². The fourth-order valence-corrected chi connectivity index (χ4v) is 11.3. The maximum atomic E-state index is 7.41. The summed E-state index contributed by atoms with van der Waals surface area (Å²) in [5.41, 5.74) is 2.00. The highest BCUT2D eigenvalue weighted by molar-refractivity contribution is 8.52. The lowest BCUT2D eigenvalue weighted by molar-refractivity contribution is 0.564. The average molecular weight is 454 g/mol. The van der Waals surface area contributed by atoms with Crippen molar-refractivity contribution in [2.75, 3.05) is 7.05 Å². The first kappa shape index (κ1) is 18.9. The van der Waals surface area contributed by atoms with Crippen LogP contribution in [-0.2, 0) is 0 Å². The van der Waals surface area contributed by atoms with Gasteiger partial charge in [-0.25, -0.2) is 0 Å². The summed E-state index contributed by atoms with van der Waals surface area (Å²) in [7, 11) is 2.15. The zero-order valence-electron chi connectivity index (χ0n) is 14.2. The van der Waals surface area contributed by atoms with Crippen LogP contribution < -0.4 is 9.06 Å². The second-order valence-corrected chi connectivity index (χ2v) is 13.0. The van der Waals surface area contributed by atoms with Gasteiger partial charge in [0.1, 0.15) is 5.03 Å². The molecule has 0 fully saturated rings. The number of nitrogens with one attached hydrogen (secondary N) is 2. The summed E-state index contributed by atoms with van der Waals surface area (Å²) >= 11 is 11.0. The van der Waals surface area contributed by atoms with E-state index in [9.17, 15) is 0 Å². The monoisotopic (exact) mass is 453 g/mol. The van der Waals surface area contributed by atoms with Crippen molar-refractivity contribution in [1.29, 1.82) is 10.8 Å². The van der Waals surface area contributed by atoms with Gasteiger partial charge in [-0.2, -0.15) is 0 Å². The van der Waals surface area contributed by atoms with Crippen LogP contribution in [0.15, 0.2) is 40.5 Å². The Morgan fingerprint density at radius 3 is 2.04 bits per heavy atom. The second kappa shape index (κ2) is 7.52. The van der Waals surface area contributed by atoms with Crippen LogP contribution in [0, 0.1) is 10.8 Å². The number of nitrogens with zero attached hydrogens (tertiary/aromatic N) is 1. The molecule has 26 heavy (non-hydrogen) atoms. The third kappa shape index (κ3) is 3.27. The lowest BCUT2D eigenvalue weighted by Gasteiger charge is -2.16. The van der Waals surface area contributed by atoms with Gasteiger partial charge in [-0.15, -0.1) is 11.3 Å². The zero-order chi connectivity index (χ0) is 18.4. The van der Waals surface area contributed by atoms with Crippen molar-refractivity contribution < 1.29 is 0 Å². The molecule has 1 aromatic heterocycles. The third-order valence-corrected chi connectivity index (χ3v) is 12.6. The third-order valence-electron chi connectivity index (χ3n) is 4.05. The van der Waals surface area contributed by atoms with E-state index in [1.165, 1.54) is 49.5 Å². The summed E-state index contributed by atoms with van der Waals surface area (Å²) in [6, 6.07) is 4.12. The summed E-state index contributed by atoms with van der Waals surface area (Å²) in [5.74, 6) is 0. The van der Waals surface area contributed by atoms with Crippen molar-refractivity contribution in [1.82, 2.24) is 4.90 Å². The molecule has 0 saturated heterocycles. The van der Waals surface area contributed by atoms with Crippen molar-refractivity contribution in [2.24, 2.45) is 0 Å². The molecule has 0 unspecified atom stereocenters. The standard InChI is InChI=1S/C17H15N3S6/c1-8-9(2)21-13(20(8)3)15-25-16-17(26-15)24-14(23-16)12-5-4-11(22-12)10(6-18)7-19/h4-7,18-19H,1-3H3. The first-order valence-electron chi connectivity index (χ1n) is 7.66. The highest BCUT2D eigenvalue weighted by Crippen LogP contribution is 2.68. The zero-order valence-corrected chi connectivity index (χ0v) is 19.1. The van der Waals surface area contributed by atoms with E-state index in [1.807, 2.05) is 64.9 Å². The van der Waals surface area contributed by atoms with Crippen molar-refractivity contribution in [3.63, 3.8) is 0 Å². The molecule has 9 heteroatoms. The molecule has 3 nitrogen and oxygen atoms in total. The summed E-state index contributed by atoms with van der Waals surface area (Å²) in [6.45, 7) is 4.37. The first-order valence-corrected chi connectivity index (χ1v) is 12.6. The molecular weight excluding hydrogens is 439 g/mol. The molecule has 0 bridgehead atoms. The molecule has 0 amide bonds. The molecule has 0 spiro atoms. The molecule has 1 aromatic rings. The molecule has 2 N–H and O–H groups in total. The van der Waals surface area contributed by atoms with Crippen molar-refractivity contribution in [2.45, 2.75) is 13.8 Å². The van der Waals surface area contributed by atoms with Gasteiger partial charge in [0, 0.05) is 44.7 Å². The number of rotatable bonds is 2. The van der Waals surface area contributed by atoms with E-state index in [2.05, 4.69) is 31.9 Å². The van der Waals surface area contributed by atoms with Crippen LogP contribution in [0.3, 0.4) is 0 Å². The topological polar surface area (TPSA) is 50.9 Å². The Bertz CT molecular complexity index is 1010. The second-order valence-electron chi connectivity index (χ2n) is 5.57. The van der Waals surface area contributed by atoms with Crippen LogP contribution in [0.1, 0.15) is 13.8 Å². The molecule has 0 aliphatic carbocycles. The quantitative estimate of drug-likeness (QED) is 0.584. The van der Waals surface area contributed by atoms with Gasteiger partial charge in [0.2, 0.25) is 0 Å². The largest absolute Gasteiger partial charge is 0.341 e. The van der Waals surface area contributed by atoms with Gasteiger partial charge >= 0.3 is 0 Å². The smallest absolute Gasteiger partial charge is 0.100 e. The molecule has 0 aromatic carbocycles. The van der Waals surface area contributed by atoms with Crippen molar-refractivity contribution in [3.05, 3.63) is 49.5 Å². The fourth-order valence-electron chi connectivity index (χ4n) is 2.42. The van der Waals surface area contributed by atoms with E-state index in [1.54, 1.807) is 11.3 Å². The van der Waals surface area contributed by atoms with Gasteiger partial charge in [0.25, 0.3) is 0 Å². The number of thioether (sulfide) groups is 5.